The lowest BCUT2D eigenvalue weighted by Gasteiger charge is -2.37. The molecule has 4 amide bonds. The van der Waals surface area contributed by atoms with Gasteiger partial charge in [-0.2, -0.15) is 0 Å². The first-order valence-corrected chi connectivity index (χ1v) is 14.0. The first kappa shape index (κ1) is 26.0. The minimum absolute atomic E-state index is 0.0132. The van der Waals surface area contributed by atoms with Crippen LogP contribution in [0.5, 0.6) is 0 Å². The zero-order valence-corrected chi connectivity index (χ0v) is 21.9. The molecule has 1 aliphatic heterocycles. The van der Waals surface area contributed by atoms with Crippen LogP contribution in [0.4, 0.5) is 4.79 Å². The fourth-order valence-electron chi connectivity index (χ4n) is 6.69. The van der Waals surface area contributed by atoms with E-state index in [1.807, 2.05) is 0 Å². The Morgan fingerprint density at radius 2 is 1.65 bits per heavy atom. The van der Waals surface area contributed by atoms with Gasteiger partial charge in [-0.3, -0.25) is 19.2 Å². The molecule has 37 heavy (non-hydrogen) atoms. The minimum atomic E-state index is -1.06. The van der Waals surface area contributed by atoms with E-state index < -0.39 is 41.8 Å². The van der Waals surface area contributed by atoms with Gasteiger partial charge in [0.25, 0.3) is 5.91 Å². The number of piperidine rings is 1. The molecule has 204 valence electrons. The molecule has 0 aromatic carbocycles. The van der Waals surface area contributed by atoms with Crippen molar-refractivity contribution < 1.29 is 28.7 Å². The number of carbonyl (C=O) groups is 5. The largest absolute Gasteiger partial charge is 0.446 e. The zero-order valence-electron chi connectivity index (χ0n) is 21.9. The highest BCUT2D eigenvalue weighted by atomic mass is 16.6. The van der Waals surface area contributed by atoms with E-state index in [9.17, 15) is 24.0 Å². The summed E-state index contributed by atoms with van der Waals surface area (Å²) in [5.74, 6) is -2.16. The summed E-state index contributed by atoms with van der Waals surface area (Å²) in [6, 6.07) is -2.49. The van der Waals surface area contributed by atoms with Gasteiger partial charge in [0.05, 0.1) is 6.04 Å². The predicted molar refractivity (Wildman–Crippen MR) is 133 cm³/mol. The number of alkyl carbamates (subject to hydrolysis) is 1. The van der Waals surface area contributed by atoms with Crippen LogP contribution in [-0.2, 0) is 23.9 Å². The van der Waals surface area contributed by atoms with Crippen molar-refractivity contribution in [2.75, 3.05) is 6.54 Å². The minimum Gasteiger partial charge on any atom is -0.446 e. The monoisotopic (exact) mass is 516 g/mol. The summed E-state index contributed by atoms with van der Waals surface area (Å²) in [6.07, 6.45) is 8.08. The molecule has 0 spiro atoms. The average molecular weight is 517 g/mol. The summed E-state index contributed by atoms with van der Waals surface area (Å²) in [5, 5.41) is 5.64. The number of Topliss-reactive ketones (excluding diaryl/α,β-unsaturated/α-hetero) is 1. The van der Waals surface area contributed by atoms with Gasteiger partial charge in [0.2, 0.25) is 17.6 Å². The molecular formula is C27H40N4O6. The van der Waals surface area contributed by atoms with Crippen LogP contribution in [0, 0.1) is 29.1 Å². The third-order valence-electron chi connectivity index (χ3n) is 9.36. The first-order chi connectivity index (χ1) is 17.6. The Labute approximate surface area is 217 Å². The number of nitrogens with zero attached hydrogens (tertiary/aromatic N) is 1. The summed E-state index contributed by atoms with van der Waals surface area (Å²) < 4.78 is 5.40. The van der Waals surface area contributed by atoms with E-state index in [0.717, 1.165) is 57.8 Å². The van der Waals surface area contributed by atoms with Crippen molar-refractivity contribution >= 4 is 29.6 Å². The summed E-state index contributed by atoms with van der Waals surface area (Å²) in [6.45, 7) is 4.60. The van der Waals surface area contributed by atoms with E-state index in [-0.39, 0.29) is 41.1 Å². The fraction of sp³-hybridized carbons (Fsp3) is 0.815. The predicted octanol–water partition coefficient (Wildman–Crippen LogP) is 1.65. The number of nitrogens with two attached hydrogens (primary N) is 1. The lowest BCUT2D eigenvalue weighted by atomic mass is 9.83. The maximum atomic E-state index is 14.0. The number of hydrogen-bond acceptors (Lipinski definition) is 6. The van der Waals surface area contributed by atoms with Gasteiger partial charge in [-0.05, 0) is 61.2 Å². The van der Waals surface area contributed by atoms with Crippen LogP contribution in [0.2, 0.25) is 0 Å². The first-order valence-electron chi connectivity index (χ1n) is 14.0. The Balaban J connectivity index is 1.34. The van der Waals surface area contributed by atoms with Gasteiger partial charge in [0.1, 0.15) is 18.2 Å². The van der Waals surface area contributed by atoms with Crippen LogP contribution in [0.15, 0.2) is 0 Å². The molecular weight excluding hydrogens is 476 g/mol. The molecule has 5 fully saturated rings. The number of ketones is 1. The number of nitrogens with one attached hydrogen (secondary N) is 2. The van der Waals surface area contributed by atoms with Gasteiger partial charge in [0, 0.05) is 6.54 Å². The van der Waals surface area contributed by atoms with E-state index in [2.05, 4.69) is 24.5 Å². The quantitative estimate of drug-likeness (QED) is 0.376. The Morgan fingerprint density at radius 3 is 2.24 bits per heavy atom. The fourth-order valence-corrected chi connectivity index (χ4v) is 6.69. The number of hydrogen-bond donors (Lipinski definition) is 3. The molecule has 4 aliphatic carbocycles. The third kappa shape index (κ3) is 5.48. The summed E-state index contributed by atoms with van der Waals surface area (Å²) in [4.78, 5) is 66.0. The second-order valence-corrected chi connectivity index (χ2v) is 12.5. The Morgan fingerprint density at radius 1 is 0.973 bits per heavy atom. The lowest BCUT2D eigenvalue weighted by Crippen LogP contribution is -2.59. The highest BCUT2D eigenvalue weighted by Crippen LogP contribution is 2.65. The highest BCUT2D eigenvalue weighted by Gasteiger charge is 2.69. The topological polar surface area (TPSA) is 148 Å². The second kappa shape index (κ2) is 9.91. The second-order valence-electron chi connectivity index (χ2n) is 12.5. The normalized spacial score (nSPS) is 30.0. The van der Waals surface area contributed by atoms with E-state index in [4.69, 9.17) is 10.5 Å². The van der Waals surface area contributed by atoms with Gasteiger partial charge in [-0.15, -0.1) is 0 Å². The van der Waals surface area contributed by atoms with Crippen molar-refractivity contribution in [3.05, 3.63) is 0 Å². The molecule has 5 rings (SSSR count). The Hall–Kier alpha value is -2.65. The maximum absolute atomic E-state index is 14.0. The molecule has 5 aliphatic rings. The van der Waals surface area contributed by atoms with Gasteiger partial charge in [-0.25, -0.2) is 4.79 Å². The molecule has 10 heteroatoms. The zero-order chi connectivity index (χ0) is 26.5. The number of fused-ring (bicyclic) bond motifs is 1. The molecule has 1 unspecified atom stereocenters. The third-order valence-corrected chi connectivity index (χ3v) is 9.36. The molecule has 5 atom stereocenters. The van der Waals surface area contributed by atoms with Gasteiger partial charge in [-0.1, -0.05) is 46.0 Å². The molecule has 4 saturated carbocycles. The molecule has 0 aromatic heterocycles. The standard InChI is InChI=1S/C27H40N4O6/c1-27(2)17-13-31(21(19(17)27)24(34)29-18(12-14-8-9-14)22(32)23(28)33)25(35)20(15-6-4-3-5-7-15)30-26(36)37-16-10-11-16/h14-21H,3-13H2,1-2H3,(H2,28,33)(H,29,34)(H,30,36)/t17-,18?,19-,20+,21+/m1/s1. The van der Waals surface area contributed by atoms with Crippen molar-refractivity contribution in [3.8, 4) is 0 Å². The molecule has 4 N–H and O–H groups in total. The van der Waals surface area contributed by atoms with E-state index in [1.165, 1.54) is 0 Å². The van der Waals surface area contributed by atoms with Crippen LogP contribution < -0.4 is 16.4 Å². The van der Waals surface area contributed by atoms with Crippen molar-refractivity contribution in [2.24, 2.45) is 34.8 Å². The summed E-state index contributed by atoms with van der Waals surface area (Å²) in [7, 11) is 0. The number of carbonyl (C=O) groups excluding carboxylic acids is 5. The SMILES string of the molecule is CC1(C)[C@H]2[C@@H](C(=O)NC(CC3CC3)C(=O)C(N)=O)N(C(=O)[C@@H](NC(=O)OC3CC3)C3CCCCC3)C[C@H]21. The number of rotatable bonds is 10. The lowest BCUT2D eigenvalue weighted by molar-refractivity contribution is -0.144. The van der Waals surface area contributed by atoms with E-state index in [1.54, 1.807) is 4.90 Å². The maximum Gasteiger partial charge on any atom is 0.408 e. The molecule has 0 aromatic rings. The molecule has 1 saturated heterocycles. The molecule has 0 radical (unpaired) electrons. The van der Waals surface area contributed by atoms with Gasteiger partial charge < -0.3 is 26.0 Å². The van der Waals surface area contributed by atoms with Crippen LogP contribution >= 0.6 is 0 Å². The summed E-state index contributed by atoms with van der Waals surface area (Å²) in [5.41, 5.74) is 5.15. The Kier molecular flexibility index (Phi) is 6.96. The number of amides is 4. The molecule has 10 nitrogen and oxygen atoms in total. The molecule has 1 heterocycles. The number of primary amides is 1. The van der Waals surface area contributed by atoms with Gasteiger partial charge >= 0.3 is 6.09 Å². The van der Waals surface area contributed by atoms with E-state index >= 15 is 0 Å². The Bertz CT molecular complexity index is 968. The van der Waals surface area contributed by atoms with Crippen LogP contribution in [-0.4, -0.2) is 65.3 Å². The van der Waals surface area contributed by atoms with Crippen LogP contribution in [0.3, 0.4) is 0 Å². The molecule has 0 bridgehead atoms. The van der Waals surface area contributed by atoms with Crippen LogP contribution in [0.1, 0.15) is 78.1 Å². The van der Waals surface area contributed by atoms with Crippen LogP contribution in [0.25, 0.3) is 0 Å². The summed E-state index contributed by atoms with van der Waals surface area (Å²) >= 11 is 0. The smallest absolute Gasteiger partial charge is 0.408 e. The highest BCUT2D eigenvalue weighted by molar-refractivity contribution is 6.37. The van der Waals surface area contributed by atoms with Crippen molar-refractivity contribution in [3.63, 3.8) is 0 Å². The van der Waals surface area contributed by atoms with Crippen molar-refractivity contribution in [1.82, 2.24) is 15.5 Å². The number of likely N-dealkylation sites (tertiary alicyclic amines) is 1. The van der Waals surface area contributed by atoms with Crippen molar-refractivity contribution in [2.45, 2.75) is 102 Å². The van der Waals surface area contributed by atoms with E-state index in [0.29, 0.717) is 13.0 Å². The average Bonchev–Trinajstić information content (AvgIpc) is 3.82. The van der Waals surface area contributed by atoms with Crippen molar-refractivity contribution in [1.29, 1.82) is 0 Å². The number of ether oxygens (including phenoxy) is 1. The van der Waals surface area contributed by atoms with Gasteiger partial charge in [0.15, 0.2) is 0 Å².